The van der Waals surface area contributed by atoms with Gasteiger partial charge in [0.15, 0.2) is 0 Å². The molecule has 3 N–H and O–H groups in total. The van der Waals surface area contributed by atoms with Gasteiger partial charge in [0.25, 0.3) is 0 Å². The Morgan fingerprint density at radius 1 is 1.35 bits per heavy atom. The highest BCUT2D eigenvalue weighted by molar-refractivity contribution is 5.78. The summed E-state index contributed by atoms with van der Waals surface area (Å²) in [4.78, 5) is 14.6. The number of rotatable bonds is 6. The smallest absolute Gasteiger partial charge is 0.223 e. The molecule has 1 aromatic rings. The van der Waals surface area contributed by atoms with Crippen LogP contribution in [-0.4, -0.2) is 29.9 Å². The summed E-state index contributed by atoms with van der Waals surface area (Å²) in [6.07, 6.45) is 3.91. The number of hydrogen-bond acceptors (Lipinski definition) is 3. The summed E-state index contributed by atoms with van der Waals surface area (Å²) < 4.78 is 0. The van der Waals surface area contributed by atoms with E-state index >= 15 is 0 Å². The van der Waals surface area contributed by atoms with E-state index in [2.05, 4.69) is 55.4 Å². The zero-order valence-electron chi connectivity index (χ0n) is 14.7. The molecular formula is C19H31N3O. The lowest BCUT2D eigenvalue weighted by molar-refractivity contribution is -0.126. The molecule has 1 aromatic carbocycles. The number of carbonyl (C=O) groups excluding carboxylic acids is 1. The zero-order chi connectivity index (χ0) is 16.8. The molecule has 0 saturated heterocycles. The average molecular weight is 317 g/mol. The molecule has 2 unspecified atom stereocenters. The molecule has 0 aromatic heterocycles. The van der Waals surface area contributed by atoms with Gasteiger partial charge in [-0.05, 0) is 51.3 Å². The van der Waals surface area contributed by atoms with Crippen molar-refractivity contribution in [2.24, 2.45) is 11.7 Å². The summed E-state index contributed by atoms with van der Waals surface area (Å²) in [7, 11) is 2.13. The maximum absolute atomic E-state index is 12.3. The molecule has 1 saturated carbocycles. The first-order chi connectivity index (χ1) is 11.0. The van der Waals surface area contributed by atoms with Crippen molar-refractivity contribution in [1.29, 1.82) is 0 Å². The van der Waals surface area contributed by atoms with Crippen LogP contribution in [0.15, 0.2) is 24.3 Å². The molecular weight excluding hydrogens is 286 g/mol. The number of amides is 1. The Kier molecular flexibility index (Phi) is 6.60. The van der Waals surface area contributed by atoms with Crippen LogP contribution < -0.4 is 11.1 Å². The maximum atomic E-state index is 12.3. The fourth-order valence-corrected chi connectivity index (χ4v) is 3.11. The van der Waals surface area contributed by atoms with E-state index in [1.54, 1.807) is 0 Å². The average Bonchev–Trinajstić information content (AvgIpc) is 2.53. The Bertz CT molecular complexity index is 515. The highest BCUT2D eigenvalue weighted by Gasteiger charge is 2.24. The monoisotopic (exact) mass is 317 g/mol. The molecule has 0 spiro atoms. The second-order valence-electron chi connectivity index (χ2n) is 7.17. The van der Waals surface area contributed by atoms with Gasteiger partial charge in [0.1, 0.15) is 0 Å². The SMILES string of the molecule is CC(C)N(C)Cc1cccc(CNC(=O)C2CCCC(N)C2)c1. The minimum absolute atomic E-state index is 0.0917. The van der Waals surface area contributed by atoms with Crippen molar-refractivity contribution in [1.82, 2.24) is 10.2 Å². The van der Waals surface area contributed by atoms with Crippen molar-refractivity contribution in [3.63, 3.8) is 0 Å². The fraction of sp³-hybridized carbons (Fsp3) is 0.632. The summed E-state index contributed by atoms with van der Waals surface area (Å²) in [6.45, 7) is 5.92. The Morgan fingerprint density at radius 2 is 2.09 bits per heavy atom. The van der Waals surface area contributed by atoms with E-state index in [1.165, 1.54) is 5.56 Å². The van der Waals surface area contributed by atoms with Crippen molar-refractivity contribution in [2.75, 3.05) is 7.05 Å². The number of nitrogens with one attached hydrogen (secondary N) is 1. The summed E-state index contributed by atoms with van der Waals surface area (Å²) in [6, 6.07) is 9.19. The van der Waals surface area contributed by atoms with Gasteiger partial charge >= 0.3 is 0 Å². The Balaban J connectivity index is 1.86. The molecule has 0 aliphatic heterocycles. The predicted molar refractivity (Wildman–Crippen MR) is 94.8 cm³/mol. The number of benzene rings is 1. The summed E-state index contributed by atoms with van der Waals surface area (Å²) in [5.41, 5.74) is 8.42. The standard InChI is InChI=1S/C19H31N3O/c1-14(2)22(3)13-16-7-4-6-15(10-16)12-21-19(23)17-8-5-9-18(20)11-17/h4,6-7,10,14,17-18H,5,8-9,11-13,20H2,1-3H3,(H,21,23). The third-order valence-electron chi connectivity index (χ3n) is 4.86. The van der Waals surface area contributed by atoms with Gasteiger partial charge in [0.05, 0.1) is 0 Å². The van der Waals surface area contributed by atoms with E-state index in [0.29, 0.717) is 12.6 Å². The quantitative estimate of drug-likeness (QED) is 0.848. The third kappa shape index (κ3) is 5.63. The van der Waals surface area contributed by atoms with Gasteiger partial charge in [0.2, 0.25) is 5.91 Å². The minimum atomic E-state index is 0.0917. The second kappa shape index (κ2) is 8.46. The summed E-state index contributed by atoms with van der Waals surface area (Å²) >= 11 is 0. The van der Waals surface area contributed by atoms with Crippen LogP contribution in [0, 0.1) is 5.92 Å². The second-order valence-corrected chi connectivity index (χ2v) is 7.17. The molecule has 1 amide bonds. The van der Waals surface area contributed by atoms with Gasteiger partial charge < -0.3 is 11.1 Å². The van der Waals surface area contributed by atoms with Crippen molar-refractivity contribution >= 4 is 5.91 Å². The van der Waals surface area contributed by atoms with Gasteiger partial charge in [-0.25, -0.2) is 0 Å². The normalized spacial score (nSPS) is 21.7. The Hall–Kier alpha value is -1.39. The summed E-state index contributed by atoms with van der Waals surface area (Å²) in [5, 5.41) is 3.08. The van der Waals surface area contributed by atoms with Crippen LogP contribution in [0.3, 0.4) is 0 Å². The molecule has 0 bridgehead atoms. The van der Waals surface area contributed by atoms with Crippen molar-refractivity contribution in [2.45, 2.75) is 64.7 Å². The molecule has 2 atom stereocenters. The molecule has 23 heavy (non-hydrogen) atoms. The number of hydrogen-bond donors (Lipinski definition) is 2. The topological polar surface area (TPSA) is 58.4 Å². The van der Waals surface area contributed by atoms with Gasteiger partial charge in [-0.15, -0.1) is 0 Å². The Morgan fingerprint density at radius 3 is 2.78 bits per heavy atom. The fourth-order valence-electron chi connectivity index (χ4n) is 3.11. The molecule has 1 aliphatic carbocycles. The van der Waals surface area contributed by atoms with E-state index in [0.717, 1.165) is 37.8 Å². The van der Waals surface area contributed by atoms with Crippen molar-refractivity contribution in [3.05, 3.63) is 35.4 Å². The molecule has 1 aliphatic rings. The highest BCUT2D eigenvalue weighted by Crippen LogP contribution is 2.23. The van der Waals surface area contributed by atoms with Crippen LogP contribution in [0.1, 0.15) is 50.7 Å². The zero-order valence-corrected chi connectivity index (χ0v) is 14.7. The first-order valence-electron chi connectivity index (χ1n) is 8.77. The van der Waals surface area contributed by atoms with Crippen molar-refractivity contribution < 1.29 is 4.79 Å². The molecule has 2 rings (SSSR count). The first-order valence-corrected chi connectivity index (χ1v) is 8.77. The van der Waals surface area contributed by atoms with Crippen LogP contribution in [0.2, 0.25) is 0 Å². The molecule has 1 fully saturated rings. The van der Waals surface area contributed by atoms with Crippen LogP contribution >= 0.6 is 0 Å². The molecule has 128 valence electrons. The van der Waals surface area contributed by atoms with E-state index in [4.69, 9.17) is 5.73 Å². The maximum Gasteiger partial charge on any atom is 0.223 e. The largest absolute Gasteiger partial charge is 0.352 e. The molecule has 4 nitrogen and oxygen atoms in total. The summed E-state index contributed by atoms with van der Waals surface area (Å²) in [5.74, 6) is 0.249. The highest BCUT2D eigenvalue weighted by atomic mass is 16.1. The number of nitrogens with two attached hydrogens (primary N) is 1. The van der Waals surface area contributed by atoms with Gasteiger partial charge in [-0.3, -0.25) is 9.69 Å². The molecule has 0 heterocycles. The van der Waals surface area contributed by atoms with Crippen molar-refractivity contribution in [3.8, 4) is 0 Å². The van der Waals surface area contributed by atoms with Crippen LogP contribution in [0.25, 0.3) is 0 Å². The van der Waals surface area contributed by atoms with Gasteiger partial charge in [-0.1, -0.05) is 30.7 Å². The van der Waals surface area contributed by atoms with E-state index < -0.39 is 0 Å². The van der Waals surface area contributed by atoms with Gasteiger partial charge in [0, 0.05) is 31.1 Å². The van der Waals surface area contributed by atoms with E-state index in [1.807, 2.05) is 0 Å². The number of carbonyl (C=O) groups is 1. The Labute approximate surface area is 140 Å². The van der Waals surface area contributed by atoms with E-state index in [-0.39, 0.29) is 17.9 Å². The van der Waals surface area contributed by atoms with Crippen LogP contribution in [-0.2, 0) is 17.9 Å². The lowest BCUT2D eigenvalue weighted by Gasteiger charge is -2.25. The first kappa shape index (κ1) is 18.0. The van der Waals surface area contributed by atoms with Crippen LogP contribution in [0.4, 0.5) is 0 Å². The lowest BCUT2D eigenvalue weighted by Crippen LogP contribution is -2.37. The predicted octanol–water partition coefficient (Wildman–Crippen LogP) is 2.66. The lowest BCUT2D eigenvalue weighted by atomic mass is 9.85. The van der Waals surface area contributed by atoms with Gasteiger partial charge in [-0.2, -0.15) is 0 Å². The van der Waals surface area contributed by atoms with E-state index in [9.17, 15) is 4.79 Å². The molecule has 4 heteroatoms. The molecule has 0 radical (unpaired) electrons. The third-order valence-corrected chi connectivity index (χ3v) is 4.86. The van der Waals surface area contributed by atoms with Crippen LogP contribution in [0.5, 0.6) is 0 Å². The number of nitrogens with zero attached hydrogens (tertiary/aromatic N) is 1. The minimum Gasteiger partial charge on any atom is -0.352 e.